The molecule has 2 heterocycles. The van der Waals surface area contributed by atoms with Gasteiger partial charge in [-0.3, -0.25) is 9.52 Å². The smallest absolute Gasteiger partial charge is 0.284 e. The number of rotatable bonds is 6. The molecule has 3 N–H and O–H groups in total. The second kappa shape index (κ2) is 6.81. The highest BCUT2D eigenvalue weighted by Crippen LogP contribution is 2.31. The van der Waals surface area contributed by atoms with Crippen molar-refractivity contribution in [1.29, 1.82) is 0 Å². The number of ether oxygens (including phenoxy) is 1. The van der Waals surface area contributed by atoms with Gasteiger partial charge in [0, 0.05) is 10.9 Å². The van der Waals surface area contributed by atoms with Crippen LogP contribution in [0.3, 0.4) is 0 Å². The molecule has 0 aliphatic carbocycles. The van der Waals surface area contributed by atoms with E-state index in [-0.39, 0.29) is 21.5 Å². The minimum atomic E-state index is -3.87. The lowest BCUT2D eigenvalue weighted by atomic mass is 10.2. The summed E-state index contributed by atoms with van der Waals surface area (Å²) < 4.78 is 38.0. The first-order valence-electron chi connectivity index (χ1n) is 7.34. The maximum Gasteiger partial charge on any atom is 0.284 e. The maximum absolute atomic E-state index is 12.6. The van der Waals surface area contributed by atoms with E-state index in [0.717, 1.165) is 11.3 Å². The number of amides is 1. The van der Waals surface area contributed by atoms with Crippen LogP contribution in [0.5, 0.6) is 5.75 Å². The quantitative estimate of drug-likeness (QED) is 0.663. The van der Waals surface area contributed by atoms with Gasteiger partial charge >= 0.3 is 0 Å². The number of aryl methyl sites for hydroxylation is 1. The molecule has 1 aromatic carbocycles. The number of furan rings is 1. The largest absolute Gasteiger partial charge is 0.495 e. The van der Waals surface area contributed by atoms with E-state index in [0.29, 0.717) is 17.0 Å². The number of primary amides is 1. The number of carbonyl (C=O) groups excluding carboxylic acids is 1. The number of anilines is 1. The highest BCUT2D eigenvalue weighted by atomic mass is 32.2. The molecule has 2 aromatic heterocycles. The van der Waals surface area contributed by atoms with Crippen molar-refractivity contribution in [2.75, 3.05) is 11.8 Å². The van der Waals surface area contributed by atoms with Crippen LogP contribution in [0.4, 0.5) is 5.13 Å². The van der Waals surface area contributed by atoms with Crippen molar-refractivity contribution in [1.82, 2.24) is 4.98 Å². The van der Waals surface area contributed by atoms with Crippen LogP contribution in [-0.2, 0) is 10.0 Å². The van der Waals surface area contributed by atoms with E-state index in [4.69, 9.17) is 14.9 Å². The number of carbonyl (C=O) groups is 1. The minimum Gasteiger partial charge on any atom is -0.495 e. The molecule has 3 aromatic rings. The lowest BCUT2D eigenvalue weighted by molar-refractivity contribution is 0.0972. The molecule has 0 unspecified atom stereocenters. The van der Waals surface area contributed by atoms with Crippen molar-refractivity contribution in [2.45, 2.75) is 11.8 Å². The summed E-state index contributed by atoms with van der Waals surface area (Å²) in [5, 5.41) is 1.83. The Labute approximate surface area is 153 Å². The first-order chi connectivity index (χ1) is 12.3. The molecule has 8 nitrogen and oxygen atoms in total. The third-order valence-electron chi connectivity index (χ3n) is 3.52. The summed E-state index contributed by atoms with van der Waals surface area (Å²) in [5.41, 5.74) is 6.24. The fraction of sp³-hybridized carbons (Fsp3) is 0.125. The number of sulfonamides is 1. The molecular formula is C16H15N3O5S2. The first-order valence-corrected chi connectivity index (χ1v) is 9.70. The van der Waals surface area contributed by atoms with E-state index >= 15 is 0 Å². The van der Waals surface area contributed by atoms with Gasteiger partial charge in [0.1, 0.15) is 16.4 Å². The summed E-state index contributed by atoms with van der Waals surface area (Å²) in [6, 6.07) is 7.75. The number of benzene rings is 1. The fourth-order valence-corrected chi connectivity index (χ4v) is 4.45. The molecule has 0 spiro atoms. The SMILES string of the molecule is COc1ccccc1S(=O)(=O)Nc1nc(-c2cc(C(N)=O)oc2C)cs1. The van der Waals surface area contributed by atoms with Crippen molar-refractivity contribution >= 4 is 32.4 Å². The van der Waals surface area contributed by atoms with E-state index < -0.39 is 15.9 Å². The average molecular weight is 393 g/mol. The molecule has 10 heteroatoms. The third kappa shape index (κ3) is 3.41. The Bertz CT molecular complexity index is 1070. The molecule has 136 valence electrons. The van der Waals surface area contributed by atoms with Gasteiger partial charge in [0.2, 0.25) is 0 Å². The van der Waals surface area contributed by atoms with Crippen LogP contribution in [0.2, 0.25) is 0 Å². The molecule has 0 saturated carbocycles. The lowest BCUT2D eigenvalue weighted by Crippen LogP contribution is -2.13. The summed E-state index contributed by atoms with van der Waals surface area (Å²) in [6.07, 6.45) is 0. The van der Waals surface area contributed by atoms with Gasteiger partial charge in [0.15, 0.2) is 10.9 Å². The van der Waals surface area contributed by atoms with E-state index in [2.05, 4.69) is 9.71 Å². The van der Waals surface area contributed by atoms with Crippen molar-refractivity contribution < 1.29 is 22.4 Å². The number of thiazole rings is 1. The van der Waals surface area contributed by atoms with Crippen LogP contribution < -0.4 is 15.2 Å². The van der Waals surface area contributed by atoms with Crippen molar-refractivity contribution in [3.63, 3.8) is 0 Å². The predicted molar refractivity (Wildman–Crippen MR) is 96.9 cm³/mol. The van der Waals surface area contributed by atoms with Crippen molar-refractivity contribution in [3.8, 4) is 17.0 Å². The van der Waals surface area contributed by atoms with Crippen LogP contribution in [0.25, 0.3) is 11.3 Å². The zero-order valence-electron chi connectivity index (χ0n) is 13.8. The zero-order chi connectivity index (χ0) is 18.9. The number of nitrogens with one attached hydrogen (secondary N) is 1. The number of aromatic nitrogens is 1. The second-order valence-electron chi connectivity index (χ2n) is 5.24. The summed E-state index contributed by atoms with van der Waals surface area (Å²) >= 11 is 1.11. The Morgan fingerprint density at radius 2 is 2.08 bits per heavy atom. The van der Waals surface area contributed by atoms with Crippen LogP contribution in [0.1, 0.15) is 16.3 Å². The van der Waals surface area contributed by atoms with Gasteiger partial charge in [0.25, 0.3) is 15.9 Å². The van der Waals surface area contributed by atoms with Gasteiger partial charge in [-0.15, -0.1) is 11.3 Å². The normalized spacial score (nSPS) is 11.3. The molecule has 0 atom stereocenters. The standard InChI is InChI=1S/C16H15N3O5S2/c1-9-10(7-13(24-9)15(17)20)11-8-25-16(18-11)19-26(21,22)14-6-4-3-5-12(14)23-2/h3-8H,1-2H3,(H2,17,20)(H,18,19). The monoisotopic (exact) mass is 393 g/mol. The topological polar surface area (TPSA) is 125 Å². The van der Waals surface area contributed by atoms with Gasteiger partial charge in [-0.05, 0) is 25.1 Å². The molecule has 0 saturated heterocycles. The Hall–Kier alpha value is -2.85. The van der Waals surface area contributed by atoms with Crippen LogP contribution in [0, 0.1) is 6.92 Å². The minimum absolute atomic E-state index is 0.00903. The number of hydrogen-bond donors (Lipinski definition) is 2. The molecular weight excluding hydrogens is 378 g/mol. The zero-order valence-corrected chi connectivity index (χ0v) is 15.5. The Morgan fingerprint density at radius 3 is 2.73 bits per heavy atom. The first kappa shape index (κ1) is 18.0. The molecule has 3 rings (SSSR count). The second-order valence-corrected chi connectivity index (χ2v) is 7.75. The molecule has 0 aliphatic rings. The Kier molecular flexibility index (Phi) is 4.70. The summed E-state index contributed by atoms with van der Waals surface area (Å²) in [7, 11) is -2.47. The maximum atomic E-state index is 12.6. The molecule has 0 aliphatic heterocycles. The van der Waals surface area contributed by atoms with E-state index in [1.807, 2.05) is 0 Å². The lowest BCUT2D eigenvalue weighted by Gasteiger charge is -2.09. The molecule has 0 bridgehead atoms. The highest BCUT2D eigenvalue weighted by molar-refractivity contribution is 7.93. The Morgan fingerprint density at radius 1 is 1.35 bits per heavy atom. The number of methoxy groups -OCH3 is 1. The van der Waals surface area contributed by atoms with Crippen molar-refractivity contribution in [3.05, 3.63) is 47.2 Å². The van der Waals surface area contributed by atoms with Gasteiger partial charge in [0.05, 0.1) is 12.8 Å². The number of para-hydroxylation sites is 1. The van der Waals surface area contributed by atoms with Crippen molar-refractivity contribution in [2.24, 2.45) is 5.73 Å². The van der Waals surface area contributed by atoms with Crippen LogP contribution in [-0.4, -0.2) is 26.4 Å². The van der Waals surface area contributed by atoms with Gasteiger partial charge in [-0.25, -0.2) is 13.4 Å². The summed E-state index contributed by atoms with van der Waals surface area (Å²) in [4.78, 5) is 15.5. The number of nitrogens with two attached hydrogens (primary N) is 1. The number of nitrogens with zero attached hydrogens (tertiary/aromatic N) is 1. The van der Waals surface area contributed by atoms with Gasteiger partial charge in [-0.1, -0.05) is 12.1 Å². The molecule has 0 fully saturated rings. The summed E-state index contributed by atoms with van der Waals surface area (Å²) in [5.74, 6) is 0.0186. The van der Waals surface area contributed by atoms with Crippen LogP contribution >= 0.6 is 11.3 Å². The average Bonchev–Trinajstić information content (AvgIpc) is 3.20. The molecule has 26 heavy (non-hydrogen) atoms. The molecule has 0 radical (unpaired) electrons. The van der Waals surface area contributed by atoms with E-state index in [9.17, 15) is 13.2 Å². The predicted octanol–water partition coefficient (Wildman–Crippen LogP) is 2.62. The van der Waals surface area contributed by atoms with Gasteiger partial charge in [-0.2, -0.15) is 0 Å². The molecule has 1 amide bonds. The van der Waals surface area contributed by atoms with E-state index in [1.54, 1.807) is 30.5 Å². The highest BCUT2D eigenvalue weighted by Gasteiger charge is 2.21. The Balaban J connectivity index is 1.90. The van der Waals surface area contributed by atoms with Gasteiger partial charge < -0.3 is 14.9 Å². The van der Waals surface area contributed by atoms with Crippen LogP contribution in [0.15, 0.2) is 45.0 Å². The fourth-order valence-electron chi connectivity index (χ4n) is 2.31. The van der Waals surface area contributed by atoms with E-state index in [1.165, 1.54) is 19.2 Å². The number of hydrogen-bond acceptors (Lipinski definition) is 7. The third-order valence-corrected chi connectivity index (χ3v) is 5.79. The summed E-state index contributed by atoms with van der Waals surface area (Å²) in [6.45, 7) is 1.67.